The second-order valence-electron chi connectivity index (χ2n) is 6.69. The highest BCUT2D eigenvalue weighted by Crippen LogP contribution is 2.20. The Hall–Kier alpha value is -2.21. The minimum absolute atomic E-state index is 0.377. The minimum Gasteiger partial charge on any atom is -0.366 e. The van der Waals surface area contributed by atoms with Gasteiger partial charge in [-0.1, -0.05) is 12.1 Å². The Labute approximate surface area is 142 Å². The molecule has 0 unspecified atom stereocenters. The van der Waals surface area contributed by atoms with Crippen molar-refractivity contribution < 1.29 is 4.79 Å². The Bertz CT molecular complexity index is 707. The van der Waals surface area contributed by atoms with Gasteiger partial charge in [-0.25, -0.2) is 9.67 Å². The first-order chi connectivity index (χ1) is 11.5. The number of hydrogen-bond acceptors (Lipinski definition) is 4. The van der Waals surface area contributed by atoms with Crippen molar-refractivity contribution in [2.75, 3.05) is 13.1 Å². The van der Waals surface area contributed by atoms with Gasteiger partial charge in [0.25, 0.3) is 0 Å². The number of piperidine rings is 1. The summed E-state index contributed by atoms with van der Waals surface area (Å²) in [6, 6.07) is 7.60. The number of aryl methyl sites for hydroxylation is 2. The first kappa shape index (κ1) is 16.6. The fourth-order valence-electron chi connectivity index (χ4n) is 3.46. The number of rotatable bonds is 5. The van der Waals surface area contributed by atoms with Gasteiger partial charge in [0.2, 0.25) is 5.91 Å². The van der Waals surface area contributed by atoms with E-state index in [1.807, 2.05) is 30.7 Å². The smallest absolute Gasteiger partial charge is 0.248 e. The van der Waals surface area contributed by atoms with Crippen molar-refractivity contribution in [1.82, 2.24) is 19.7 Å². The Morgan fingerprint density at radius 3 is 2.67 bits per heavy atom. The summed E-state index contributed by atoms with van der Waals surface area (Å²) >= 11 is 0. The van der Waals surface area contributed by atoms with Crippen LogP contribution in [0.2, 0.25) is 0 Å². The number of benzene rings is 1. The lowest BCUT2D eigenvalue weighted by Gasteiger charge is -2.32. The molecule has 1 aromatic heterocycles. The van der Waals surface area contributed by atoms with E-state index in [0.29, 0.717) is 11.5 Å². The number of primary amides is 1. The number of nitrogens with zero attached hydrogens (tertiary/aromatic N) is 4. The van der Waals surface area contributed by atoms with E-state index in [4.69, 9.17) is 5.73 Å². The Morgan fingerprint density at radius 2 is 2.04 bits per heavy atom. The lowest BCUT2D eigenvalue weighted by atomic mass is 9.97. The number of hydrogen-bond donors (Lipinski definition) is 1. The summed E-state index contributed by atoms with van der Waals surface area (Å²) in [5, 5.41) is 4.48. The molecule has 1 aliphatic heterocycles. The van der Waals surface area contributed by atoms with Gasteiger partial charge in [-0.15, -0.1) is 0 Å². The zero-order valence-corrected chi connectivity index (χ0v) is 14.4. The van der Waals surface area contributed by atoms with E-state index in [9.17, 15) is 4.79 Å². The highest BCUT2D eigenvalue weighted by Gasteiger charge is 2.21. The van der Waals surface area contributed by atoms with Gasteiger partial charge in [-0.3, -0.25) is 9.69 Å². The van der Waals surface area contributed by atoms with Gasteiger partial charge in [0.1, 0.15) is 11.6 Å². The highest BCUT2D eigenvalue weighted by atomic mass is 16.1. The standard InChI is InChI=1S/C18H25N5O/c1-13-20-14(2)23(21-13)12-16-4-3-9-22(11-16)10-15-5-7-17(8-6-15)18(19)24/h5-8,16H,3-4,9-12H2,1-2H3,(H2,19,24)/t16-/m0/s1. The topological polar surface area (TPSA) is 77.0 Å². The summed E-state index contributed by atoms with van der Waals surface area (Å²) in [4.78, 5) is 18.0. The predicted molar refractivity (Wildman–Crippen MR) is 92.5 cm³/mol. The SMILES string of the molecule is Cc1nc(C)n(C[C@H]2CCCN(Cc3ccc(C(N)=O)cc3)C2)n1. The summed E-state index contributed by atoms with van der Waals surface area (Å²) in [5.41, 5.74) is 7.07. The van der Waals surface area contributed by atoms with Crippen LogP contribution in [0.5, 0.6) is 0 Å². The fourth-order valence-corrected chi connectivity index (χ4v) is 3.46. The van der Waals surface area contributed by atoms with Crippen molar-refractivity contribution in [1.29, 1.82) is 0 Å². The predicted octanol–water partition coefficient (Wildman–Crippen LogP) is 1.91. The molecule has 128 valence electrons. The number of nitrogens with two attached hydrogens (primary N) is 1. The molecule has 0 radical (unpaired) electrons. The average Bonchev–Trinajstić information content (AvgIpc) is 2.86. The molecule has 6 nitrogen and oxygen atoms in total. The van der Waals surface area contributed by atoms with Crippen LogP contribution in [0, 0.1) is 19.8 Å². The molecule has 0 aliphatic carbocycles. The van der Waals surface area contributed by atoms with Crippen LogP contribution < -0.4 is 5.73 Å². The maximum absolute atomic E-state index is 11.1. The van der Waals surface area contributed by atoms with Crippen LogP contribution in [0.25, 0.3) is 0 Å². The molecule has 2 heterocycles. The van der Waals surface area contributed by atoms with E-state index in [2.05, 4.69) is 15.0 Å². The van der Waals surface area contributed by atoms with Crippen LogP contribution >= 0.6 is 0 Å². The summed E-state index contributed by atoms with van der Waals surface area (Å²) in [7, 11) is 0. The zero-order chi connectivity index (χ0) is 17.1. The van der Waals surface area contributed by atoms with E-state index >= 15 is 0 Å². The third kappa shape index (κ3) is 4.00. The summed E-state index contributed by atoms with van der Waals surface area (Å²) in [5.74, 6) is 2.06. The summed E-state index contributed by atoms with van der Waals surface area (Å²) in [6.45, 7) is 7.97. The maximum Gasteiger partial charge on any atom is 0.248 e. The van der Waals surface area contributed by atoms with Gasteiger partial charge in [-0.05, 0) is 56.8 Å². The van der Waals surface area contributed by atoms with Crippen LogP contribution in [0.1, 0.15) is 40.4 Å². The van der Waals surface area contributed by atoms with Gasteiger partial charge in [0.15, 0.2) is 0 Å². The first-order valence-electron chi connectivity index (χ1n) is 8.50. The molecule has 1 fully saturated rings. The molecular weight excluding hydrogens is 302 g/mol. The van der Waals surface area contributed by atoms with E-state index in [0.717, 1.165) is 37.8 Å². The molecule has 1 saturated heterocycles. The third-order valence-electron chi connectivity index (χ3n) is 4.64. The van der Waals surface area contributed by atoms with Crippen LogP contribution in [0.4, 0.5) is 0 Å². The van der Waals surface area contributed by atoms with Crippen molar-refractivity contribution in [3.63, 3.8) is 0 Å². The molecule has 3 rings (SSSR count). The average molecular weight is 327 g/mol. The monoisotopic (exact) mass is 327 g/mol. The molecule has 2 aromatic rings. The number of aromatic nitrogens is 3. The number of amides is 1. The van der Waals surface area contributed by atoms with Gasteiger partial charge < -0.3 is 5.73 Å². The molecule has 0 saturated carbocycles. The molecule has 6 heteroatoms. The third-order valence-corrected chi connectivity index (χ3v) is 4.64. The van der Waals surface area contributed by atoms with Crippen LogP contribution in [0.15, 0.2) is 24.3 Å². The highest BCUT2D eigenvalue weighted by molar-refractivity contribution is 5.92. The van der Waals surface area contributed by atoms with E-state index in [1.165, 1.54) is 18.4 Å². The Kier molecular flexibility index (Phi) is 4.94. The van der Waals surface area contributed by atoms with Crippen molar-refractivity contribution in [3.8, 4) is 0 Å². The molecule has 1 amide bonds. The molecule has 24 heavy (non-hydrogen) atoms. The van der Waals surface area contributed by atoms with Gasteiger partial charge in [0.05, 0.1) is 0 Å². The largest absolute Gasteiger partial charge is 0.366 e. The van der Waals surface area contributed by atoms with E-state index in [-0.39, 0.29) is 5.91 Å². The number of carbonyl (C=O) groups is 1. The Morgan fingerprint density at radius 1 is 1.29 bits per heavy atom. The maximum atomic E-state index is 11.1. The van der Waals surface area contributed by atoms with Crippen LogP contribution in [0.3, 0.4) is 0 Å². The van der Waals surface area contributed by atoms with Crippen LogP contribution in [-0.2, 0) is 13.1 Å². The quantitative estimate of drug-likeness (QED) is 0.910. The van der Waals surface area contributed by atoms with Crippen molar-refractivity contribution >= 4 is 5.91 Å². The lowest BCUT2D eigenvalue weighted by molar-refractivity contribution is 0.1000. The Balaban J connectivity index is 1.59. The van der Waals surface area contributed by atoms with Gasteiger partial charge in [-0.2, -0.15) is 5.10 Å². The molecular formula is C18H25N5O. The van der Waals surface area contributed by atoms with Crippen molar-refractivity contribution in [2.24, 2.45) is 11.7 Å². The zero-order valence-electron chi connectivity index (χ0n) is 14.4. The summed E-state index contributed by atoms with van der Waals surface area (Å²) in [6.07, 6.45) is 2.44. The molecule has 1 aromatic carbocycles. The number of likely N-dealkylation sites (tertiary alicyclic amines) is 1. The van der Waals surface area contributed by atoms with Crippen molar-refractivity contribution in [3.05, 3.63) is 47.0 Å². The molecule has 0 bridgehead atoms. The molecule has 0 spiro atoms. The lowest BCUT2D eigenvalue weighted by Crippen LogP contribution is -2.36. The molecule has 1 aliphatic rings. The molecule has 1 atom stereocenters. The summed E-state index contributed by atoms with van der Waals surface area (Å²) < 4.78 is 2.03. The minimum atomic E-state index is -0.377. The number of carbonyl (C=O) groups excluding carboxylic acids is 1. The van der Waals surface area contributed by atoms with Gasteiger partial charge >= 0.3 is 0 Å². The fraction of sp³-hybridized carbons (Fsp3) is 0.500. The van der Waals surface area contributed by atoms with Crippen LogP contribution in [-0.4, -0.2) is 38.7 Å². The second-order valence-corrected chi connectivity index (χ2v) is 6.69. The van der Waals surface area contributed by atoms with Crippen molar-refractivity contribution in [2.45, 2.75) is 39.8 Å². The first-order valence-corrected chi connectivity index (χ1v) is 8.50. The normalized spacial score (nSPS) is 18.7. The van der Waals surface area contributed by atoms with E-state index < -0.39 is 0 Å². The van der Waals surface area contributed by atoms with Gasteiger partial charge in [0, 0.05) is 25.2 Å². The van der Waals surface area contributed by atoms with E-state index in [1.54, 1.807) is 12.1 Å². The second kappa shape index (κ2) is 7.13. The molecule has 2 N–H and O–H groups in total.